The Hall–Kier alpha value is -2.04. The van der Waals surface area contributed by atoms with Gasteiger partial charge in [-0.05, 0) is 24.6 Å². The lowest BCUT2D eigenvalue weighted by molar-refractivity contribution is -0.147. The van der Waals surface area contributed by atoms with E-state index in [1.165, 1.54) is 7.11 Å². The van der Waals surface area contributed by atoms with E-state index in [0.717, 1.165) is 5.56 Å². The molecule has 5 heteroatoms. The topological polar surface area (TPSA) is 64.6 Å². The van der Waals surface area contributed by atoms with Gasteiger partial charge in [0.05, 0.1) is 14.2 Å². The van der Waals surface area contributed by atoms with Crippen molar-refractivity contribution in [1.29, 1.82) is 0 Å². The second-order valence-corrected chi connectivity index (χ2v) is 4.48. The molecule has 0 aliphatic carbocycles. The Kier molecular flexibility index (Phi) is 2.98. The average molecular weight is 249 g/mol. The lowest BCUT2D eigenvalue weighted by atomic mass is 9.85. The number of amides is 1. The van der Waals surface area contributed by atoms with E-state index in [4.69, 9.17) is 9.47 Å². The van der Waals surface area contributed by atoms with Crippen molar-refractivity contribution >= 4 is 11.9 Å². The van der Waals surface area contributed by atoms with Crippen molar-refractivity contribution in [2.75, 3.05) is 14.2 Å². The van der Waals surface area contributed by atoms with Crippen LogP contribution in [0.4, 0.5) is 0 Å². The Labute approximate surface area is 105 Å². The lowest BCUT2D eigenvalue weighted by Gasteiger charge is -2.33. The molecule has 1 amide bonds. The number of nitrogens with one attached hydrogen (secondary N) is 1. The van der Waals surface area contributed by atoms with Gasteiger partial charge in [0.1, 0.15) is 11.3 Å². The van der Waals surface area contributed by atoms with E-state index in [-0.39, 0.29) is 5.91 Å². The van der Waals surface area contributed by atoms with Crippen LogP contribution in [0.3, 0.4) is 0 Å². The maximum atomic E-state index is 12.0. The van der Waals surface area contributed by atoms with Gasteiger partial charge in [-0.2, -0.15) is 0 Å². The van der Waals surface area contributed by atoms with Crippen LogP contribution >= 0.6 is 0 Å². The summed E-state index contributed by atoms with van der Waals surface area (Å²) in [6.45, 7) is 1.66. The highest BCUT2D eigenvalue weighted by Crippen LogP contribution is 2.27. The van der Waals surface area contributed by atoms with Crippen LogP contribution in [0.25, 0.3) is 0 Å². The fraction of sp³-hybridized carbons (Fsp3) is 0.385. The van der Waals surface area contributed by atoms with Crippen LogP contribution in [-0.4, -0.2) is 31.6 Å². The Morgan fingerprint density at radius 1 is 1.39 bits per heavy atom. The Morgan fingerprint density at radius 3 is 2.72 bits per heavy atom. The molecule has 1 aliphatic rings. The lowest BCUT2D eigenvalue weighted by Crippen LogP contribution is -2.57. The summed E-state index contributed by atoms with van der Waals surface area (Å²) < 4.78 is 9.80. The molecule has 1 aliphatic heterocycles. The van der Waals surface area contributed by atoms with Crippen LogP contribution in [0, 0.1) is 0 Å². The first kappa shape index (κ1) is 12.4. The minimum atomic E-state index is -1.01. The third-order valence-electron chi connectivity index (χ3n) is 3.13. The van der Waals surface area contributed by atoms with Gasteiger partial charge < -0.3 is 14.8 Å². The van der Waals surface area contributed by atoms with Gasteiger partial charge in [0.25, 0.3) is 5.91 Å². The number of esters is 1. The highest BCUT2D eigenvalue weighted by atomic mass is 16.5. The van der Waals surface area contributed by atoms with Gasteiger partial charge in [0.2, 0.25) is 0 Å². The zero-order valence-electron chi connectivity index (χ0n) is 10.6. The fourth-order valence-corrected chi connectivity index (χ4v) is 2.14. The molecule has 0 saturated carbocycles. The highest BCUT2D eigenvalue weighted by molar-refractivity contribution is 6.01. The average Bonchev–Trinajstić information content (AvgIpc) is 2.37. The van der Waals surface area contributed by atoms with Crippen molar-refractivity contribution < 1.29 is 19.1 Å². The molecule has 0 spiro atoms. The molecule has 1 unspecified atom stereocenters. The smallest absolute Gasteiger partial charge is 0.331 e. The number of methoxy groups -OCH3 is 2. The Balaban J connectivity index is 2.41. The molecule has 0 radical (unpaired) electrons. The van der Waals surface area contributed by atoms with E-state index in [1.807, 2.05) is 0 Å². The van der Waals surface area contributed by atoms with E-state index in [1.54, 1.807) is 32.2 Å². The zero-order valence-corrected chi connectivity index (χ0v) is 10.6. The Bertz CT molecular complexity index is 512. The maximum Gasteiger partial charge on any atom is 0.331 e. The fourth-order valence-electron chi connectivity index (χ4n) is 2.14. The molecule has 96 valence electrons. The second kappa shape index (κ2) is 4.33. The van der Waals surface area contributed by atoms with Crippen LogP contribution in [0.2, 0.25) is 0 Å². The standard InChI is InChI=1S/C13H15NO4/c1-13(12(16)18-3)7-8-4-5-9(17-2)6-10(8)11(15)14-13/h4-6H,7H2,1-3H3,(H,14,15). The summed E-state index contributed by atoms with van der Waals surface area (Å²) in [4.78, 5) is 23.7. The van der Waals surface area contributed by atoms with Crippen molar-refractivity contribution in [2.24, 2.45) is 0 Å². The molecule has 0 fully saturated rings. The SMILES string of the molecule is COC(=O)C1(C)Cc2ccc(OC)cc2C(=O)N1. The van der Waals surface area contributed by atoms with Gasteiger partial charge in [0, 0.05) is 12.0 Å². The van der Waals surface area contributed by atoms with Crippen molar-refractivity contribution in [2.45, 2.75) is 18.9 Å². The molecule has 0 saturated heterocycles. The predicted octanol–water partition coefficient (Wildman–Crippen LogP) is 0.913. The normalized spacial score (nSPS) is 21.8. The molecule has 1 aromatic rings. The molecule has 1 N–H and O–H groups in total. The first-order valence-electron chi connectivity index (χ1n) is 5.58. The van der Waals surface area contributed by atoms with Gasteiger partial charge in [-0.25, -0.2) is 4.79 Å². The van der Waals surface area contributed by atoms with E-state index in [9.17, 15) is 9.59 Å². The number of fused-ring (bicyclic) bond motifs is 1. The maximum absolute atomic E-state index is 12.0. The summed E-state index contributed by atoms with van der Waals surface area (Å²) in [5.74, 6) is -0.120. The molecule has 1 heterocycles. The molecule has 5 nitrogen and oxygen atoms in total. The van der Waals surface area contributed by atoms with Gasteiger partial charge in [-0.3, -0.25) is 4.79 Å². The minimum Gasteiger partial charge on any atom is -0.497 e. The first-order valence-corrected chi connectivity index (χ1v) is 5.58. The number of benzene rings is 1. The molecule has 2 rings (SSSR count). The molecule has 18 heavy (non-hydrogen) atoms. The van der Waals surface area contributed by atoms with E-state index in [2.05, 4.69) is 5.32 Å². The third-order valence-corrected chi connectivity index (χ3v) is 3.13. The molecular weight excluding hydrogens is 234 g/mol. The quantitative estimate of drug-likeness (QED) is 0.791. The zero-order chi connectivity index (χ0) is 13.3. The number of rotatable bonds is 2. The number of hydrogen-bond acceptors (Lipinski definition) is 4. The van der Waals surface area contributed by atoms with Crippen molar-refractivity contribution in [1.82, 2.24) is 5.32 Å². The summed E-state index contributed by atoms with van der Waals surface area (Å²) in [7, 11) is 2.85. The summed E-state index contributed by atoms with van der Waals surface area (Å²) in [5.41, 5.74) is 0.344. The molecule has 1 aromatic carbocycles. The van der Waals surface area contributed by atoms with Gasteiger partial charge in [-0.15, -0.1) is 0 Å². The number of carbonyl (C=O) groups excluding carboxylic acids is 2. The molecular formula is C13H15NO4. The Morgan fingerprint density at radius 2 is 2.11 bits per heavy atom. The van der Waals surface area contributed by atoms with E-state index >= 15 is 0 Å². The predicted molar refractivity (Wildman–Crippen MR) is 64.6 cm³/mol. The van der Waals surface area contributed by atoms with Gasteiger partial charge >= 0.3 is 5.97 Å². The summed E-state index contributed by atoms with van der Waals surface area (Å²) >= 11 is 0. The number of hydrogen-bond donors (Lipinski definition) is 1. The molecule has 0 aromatic heterocycles. The van der Waals surface area contributed by atoms with Crippen LogP contribution in [0.15, 0.2) is 18.2 Å². The monoisotopic (exact) mass is 249 g/mol. The van der Waals surface area contributed by atoms with E-state index < -0.39 is 11.5 Å². The van der Waals surface area contributed by atoms with E-state index in [0.29, 0.717) is 17.7 Å². The third kappa shape index (κ3) is 1.92. The highest BCUT2D eigenvalue weighted by Gasteiger charge is 2.41. The van der Waals surface area contributed by atoms with Crippen molar-refractivity contribution in [3.8, 4) is 5.75 Å². The van der Waals surface area contributed by atoms with Crippen molar-refractivity contribution in [3.05, 3.63) is 29.3 Å². The van der Waals surface area contributed by atoms with Crippen LogP contribution in [0.5, 0.6) is 5.75 Å². The first-order chi connectivity index (χ1) is 8.50. The molecule has 1 atom stereocenters. The van der Waals surface area contributed by atoms with Gasteiger partial charge in [-0.1, -0.05) is 6.07 Å². The second-order valence-electron chi connectivity index (χ2n) is 4.48. The molecule has 0 bridgehead atoms. The van der Waals surface area contributed by atoms with Gasteiger partial charge in [0.15, 0.2) is 0 Å². The largest absolute Gasteiger partial charge is 0.497 e. The summed E-state index contributed by atoms with van der Waals surface area (Å²) in [5, 5.41) is 2.68. The minimum absolute atomic E-state index is 0.289. The van der Waals surface area contributed by atoms with Crippen LogP contribution < -0.4 is 10.1 Å². The summed E-state index contributed by atoms with van der Waals surface area (Å²) in [6.07, 6.45) is 0.407. The number of carbonyl (C=O) groups is 2. The number of ether oxygens (including phenoxy) is 2. The van der Waals surface area contributed by atoms with Crippen molar-refractivity contribution in [3.63, 3.8) is 0 Å². The van der Waals surface area contributed by atoms with Crippen LogP contribution in [0.1, 0.15) is 22.8 Å². The summed E-state index contributed by atoms with van der Waals surface area (Å²) in [6, 6.07) is 5.24. The van der Waals surface area contributed by atoms with Crippen LogP contribution in [-0.2, 0) is 16.0 Å².